The number of methoxy groups -OCH3 is 1. The lowest BCUT2D eigenvalue weighted by Crippen LogP contribution is -2.44. The number of nitrogens with zero attached hydrogens (tertiary/aromatic N) is 2. The van der Waals surface area contributed by atoms with Crippen LogP contribution < -0.4 is 5.32 Å². The van der Waals surface area contributed by atoms with Gasteiger partial charge in [0.15, 0.2) is 0 Å². The molecule has 1 heterocycles. The molecule has 1 unspecified atom stereocenters. The molecule has 1 atom stereocenters. The highest BCUT2D eigenvalue weighted by molar-refractivity contribution is 5.07. The van der Waals surface area contributed by atoms with E-state index >= 15 is 0 Å². The van der Waals surface area contributed by atoms with Gasteiger partial charge < -0.3 is 14.6 Å². The highest BCUT2D eigenvalue weighted by Crippen LogP contribution is 2.33. The van der Waals surface area contributed by atoms with Gasteiger partial charge in [-0.1, -0.05) is 13.8 Å². The molecule has 0 saturated carbocycles. The summed E-state index contributed by atoms with van der Waals surface area (Å²) in [5.74, 6) is 1.02. The second-order valence-corrected chi connectivity index (χ2v) is 4.09. The molecule has 0 aliphatic rings. The molecule has 0 saturated heterocycles. The van der Waals surface area contributed by atoms with Gasteiger partial charge in [-0.05, 0) is 19.9 Å². The summed E-state index contributed by atoms with van der Waals surface area (Å²) in [4.78, 5) is 4.42. The summed E-state index contributed by atoms with van der Waals surface area (Å²) in [7, 11) is 5.75. The number of hydrogen-bond donors (Lipinski definition) is 1. The minimum Gasteiger partial charge on any atom is -0.376 e. The van der Waals surface area contributed by atoms with E-state index in [-0.39, 0.29) is 11.6 Å². The molecule has 0 radical (unpaired) electrons. The summed E-state index contributed by atoms with van der Waals surface area (Å²) in [5.41, 5.74) is -0.187. The summed E-state index contributed by atoms with van der Waals surface area (Å²) in [6.45, 7) is 4.31. The summed E-state index contributed by atoms with van der Waals surface area (Å²) in [5, 5.41) is 3.33. The van der Waals surface area contributed by atoms with E-state index in [1.807, 2.05) is 31.1 Å². The lowest BCUT2D eigenvalue weighted by molar-refractivity contribution is -0.0495. The highest BCUT2D eigenvalue weighted by Gasteiger charge is 2.38. The van der Waals surface area contributed by atoms with E-state index in [4.69, 9.17) is 4.74 Å². The maximum absolute atomic E-state index is 5.75. The van der Waals surface area contributed by atoms with Crippen LogP contribution in [0.4, 0.5) is 0 Å². The van der Waals surface area contributed by atoms with Crippen LogP contribution in [-0.2, 0) is 11.8 Å². The number of nitrogens with one attached hydrogen (secondary N) is 1. The second-order valence-electron chi connectivity index (χ2n) is 4.09. The average Bonchev–Trinajstić information content (AvgIpc) is 2.72. The fourth-order valence-corrected chi connectivity index (χ4v) is 2.35. The van der Waals surface area contributed by atoms with Crippen LogP contribution in [0.3, 0.4) is 0 Å². The third kappa shape index (κ3) is 2.13. The first-order chi connectivity index (χ1) is 7.65. The first kappa shape index (κ1) is 13.2. The smallest absolute Gasteiger partial charge is 0.128 e. The fourth-order valence-electron chi connectivity index (χ4n) is 2.35. The van der Waals surface area contributed by atoms with Crippen molar-refractivity contribution in [1.29, 1.82) is 0 Å². The van der Waals surface area contributed by atoms with Crippen LogP contribution in [0.15, 0.2) is 12.4 Å². The van der Waals surface area contributed by atoms with Gasteiger partial charge >= 0.3 is 0 Å². The van der Waals surface area contributed by atoms with Crippen LogP contribution >= 0.6 is 0 Å². The Kier molecular flexibility index (Phi) is 4.50. The predicted molar refractivity (Wildman–Crippen MR) is 65.3 cm³/mol. The maximum atomic E-state index is 5.75. The molecule has 1 rings (SSSR count). The molecular formula is C12H23N3O. The zero-order chi connectivity index (χ0) is 12.2. The molecule has 1 aromatic heterocycles. The standard InChI is InChI=1S/C12H23N3O/c1-6-12(7-2,16-5)10(13-3)11-14-8-9-15(11)4/h8-10,13H,6-7H2,1-5H3. The van der Waals surface area contributed by atoms with Gasteiger partial charge in [-0.3, -0.25) is 0 Å². The van der Waals surface area contributed by atoms with Crippen molar-refractivity contribution < 1.29 is 4.74 Å². The quantitative estimate of drug-likeness (QED) is 0.803. The Morgan fingerprint density at radius 3 is 2.44 bits per heavy atom. The van der Waals surface area contributed by atoms with Crippen molar-refractivity contribution in [1.82, 2.24) is 14.9 Å². The van der Waals surface area contributed by atoms with E-state index < -0.39 is 0 Å². The zero-order valence-electron chi connectivity index (χ0n) is 10.9. The number of aromatic nitrogens is 2. The van der Waals surface area contributed by atoms with Gasteiger partial charge in [-0.2, -0.15) is 0 Å². The largest absolute Gasteiger partial charge is 0.376 e. The topological polar surface area (TPSA) is 39.1 Å². The number of hydrogen-bond acceptors (Lipinski definition) is 3. The molecule has 1 aromatic rings. The molecule has 16 heavy (non-hydrogen) atoms. The van der Waals surface area contributed by atoms with Crippen LogP contribution in [0.25, 0.3) is 0 Å². The van der Waals surface area contributed by atoms with Gasteiger partial charge in [0.25, 0.3) is 0 Å². The monoisotopic (exact) mass is 225 g/mol. The van der Waals surface area contributed by atoms with Crippen molar-refractivity contribution in [2.24, 2.45) is 7.05 Å². The van der Waals surface area contributed by atoms with Crippen molar-refractivity contribution in [3.05, 3.63) is 18.2 Å². The molecule has 0 aliphatic carbocycles. The molecule has 0 fully saturated rings. The first-order valence-corrected chi connectivity index (χ1v) is 5.84. The van der Waals surface area contributed by atoms with Gasteiger partial charge in [-0.25, -0.2) is 4.98 Å². The lowest BCUT2D eigenvalue weighted by atomic mass is 9.87. The van der Waals surface area contributed by atoms with Crippen molar-refractivity contribution in [2.45, 2.75) is 38.3 Å². The molecule has 92 valence electrons. The molecule has 0 spiro atoms. The molecule has 0 aromatic carbocycles. The molecular weight excluding hydrogens is 202 g/mol. The summed E-state index contributed by atoms with van der Waals surface area (Å²) in [6, 6.07) is 0.118. The minimum absolute atomic E-state index is 0.118. The van der Waals surface area contributed by atoms with Gasteiger partial charge in [0.1, 0.15) is 5.82 Å². The third-order valence-corrected chi connectivity index (χ3v) is 3.53. The number of ether oxygens (including phenoxy) is 1. The van der Waals surface area contributed by atoms with E-state index in [9.17, 15) is 0 Å². The van der Waals surface area contributed by atoms with E-state index in [2.05, 4.69) is 24.1 Å². The SMILES string of the molecule is CCC(CC)(OC)C(NC)c1nccn1C. The Morgan fingerprint density at radius 2 is 2.12 bits per heavy atom. The fraction of sp³-hybridized carbons (Fsp3) is 0.750. The Morgan fingerprint density at radius 1 is 1.50 bits per heavy atom. The predicted octanol–water partition coefficient (Wildman–Crippen LogP) is 1.89. The van der Waals surface area contributed by atoms with E-state index in [0.29, 0.717) is 0 Å². The number of rotatable bonds is 6. The molecule has 4 heteroatoms. The molecule has 4 nitrogen and oxygen atoms in total. The minimum atomic E-state index is -0.187. The van der Waals surface area contributed by atoms with Crippen molar-refractivity contribution in [3.63, 3.8) is 0 Å². The van der Waals surface area contributed by atoms with Crippen molar-refractivity contribution in [3.8, 4) is 0 Å². The van der Waals surface area contributed by atoms with Gasteiger partial charge in [0, 0.05) is 26.6 Å². The third-order valence-electron chi connectivity index (χ3n) is 3.53. The van der Waals surface area contributed by atoms with Crippen LogP contribution in [0, 0.1) is 0 Å². The average molecular weight is 225 g/mol. The summed E-state index contributed by atoms with van der Waals surface area (Å²) >= 11 is 0. The van der Waals surface area contributed by atoms with E-state index in [1.54, 1.807) is 7.11 Å². The summed E-state index contributed by atoms with van der Waals surface area (Å²) < 4.78 is 7.79. The van der Waals surface area contributed by atoms with Gasteiger partial charge in [0.05, 0.1) is 11.6 Å². The lowest BCUT2D eigenvalue weighted by Gasteiger charge is -2.37. The van der Waals surface area contributed by atoms with Gasteiger partial charge in [-0.15, -0.1) is 0 Å². The normalized spacial score (nSPS) is 14.1. The molecule has 1 N–H and O–H groups in total. The van der Waals surface area contributed by atoms with Crippen molar-refractivity contribution in [2.75, 3.05) is 14.2 Å². The van der Waals surface area contributed by atoms with Crippen LogP contribution in [0.5, 0.6) is 0 Å². The summed E-state index contributed by atoms with van der Waals surface area (Å²) in [6.07, 6.45) is 5.70. The second kappa shape index (κ2) is 5.46. The zero-order valence-corrected chi connectivity index (χ0v) is 10.9. The molecule has 0 amide bonds. The Bertz CT molecular complexity index is 310. The van der Waals surface area contributed by atoms with Crippen molar-refractivity contribution >= 4 is 0 Å². The van der Waals surface area contributed by atoms with Crippen LogP contribution in [0.1, 0.15) is 38.6 Å². The first-order valence-electron chi connectivity index (χ1n) is 5.84. The molecule has 0 aliphatic heterocycles. The van der Waals surface area contributed by atoms with E-state index in [1.165, 1.54) is 0 Å². The number of imidazole rings is 1. The number of likely N-dealkylation sites (N-methyl/N-ethyl adjacent to an activating group) is 1. The number of aryl methyl sites for hydroxylation is 1. The molecule has 0 bridgehead atoms. The Balaban J connectivity index is 3.10. The Labute approximate surface area is 98.0 Å². The van der Waals surface area contributed by atoms with E-state index in [0.717, 1.165) is 18.7 Å². The van der Waals surface area contributed by atoms with Gasteiger partial charge in [0.2, 0.25) is 0 Å². The highest BCUT2D eigenvalue weighted by atomic mass is 16.5. The van der Waals surface area contributed by atoms with Crippen LogP contribution in [0.2, 0.25) is 0 Å². The Hall–Kier alpha value is -0.870. The van der Waals surface area contributed by atoms with Crippen LogP contribution in [-0.4, -0.2) is 29.3 Å². The maximum Gasteiger partial charge on any atom is 0.128 e.